The summed E-state index contributed by atoms with van der Waals surface area (Å²) in [7, 11) is -1.82. The van der Waals surface area contributed by atoms with Crippen LogP contribution >= 0.6 is 11.6 Å². The molecule has 0 aromatic heterocycles. The van der Waals surface area contributed by atoms with Gasteiger partial charge in [0.25, 0.3) is 0 Å². The number of ether oxygens (including phenoxy) is 1. The van der Waals surface area contributed by atoms with Gasteiger partial charge in [0.15, 0.2) is 0 Å². The maximum atomic E-state index is 12.9. The van der Waals surface area contributed by atoms with Gasteiger partial charge in [0.05, 0.1) is 12.4 Å². The van der Waals surface area contributed by atoms with Gasteiger partial charge in [0, 0.05) is 50.7 Å². The molecule has 144 valence electrons. The molecular weight excluding hydrogens is 376 g/mol. The van der Waals surface area contributed by atoms with Crippen molar-refractivity contribution < 1.29 is 17.9 Å². The molecule has 2 saturated heterocycles. The van der Waals surface area contributed by atoms with Crippen LogP contribution in [0.1, 0.15) is 18.9 Å². The number of benzene rings is 1. The summed E-state index contributed by atoms with van der Waals surface area (Å²) in [6.45, 7) is 4.18. The van der Waals surface area contributed by atoms with E-state index in [0.29, 0.717) is 49.8 Å². The molecule has 26 heavy (non-hydrogen) atoms. The second-order valence-electron chi connectivity index (χ2n) is 7.35. The summed E-state index contributed by atoms with van der Waals surface area (Å²) >= 11 is 6.13. The fourth-order valence-electron chi connectivity index (χ4n) is 4.17. The van der Waals surface area contributed by atoms with Gasteiger partial charge in [-0.2, -0.15) is 0 Å². The van der Waals surface area contributed by atoms with E-state index in [1.54, 1.807) is 42.6 Å². The Labute approximate surface area is 160 Å². The number of sulfonamides is 1. The third-order valence-electron chi connectivity index (χ3n) is 5.66. The molecule has 8 heteroatoms. The van der Waals surface area contributed by atoms with Crippen molar-refractivity contribution in [2.24, 2.45) is 11.3 Å². The molecule has 2 aliphatic rings. The zero-order chi connectivity index (χ0) is 18.9. The van der Waals surface area contributed by atoms with Gasteiger partial charge in [0.2, 0.25) is 15.9 Å². The molecule has 6 nitrogen and oxygen atoms in total. The Hall–Kier alpha value is -1.15. The minimum atomic E-state index is -3.47. The van der Waals surface area contributed by atoms with E-state index >= 15 is 0 Å². The standard InChI is InChI=1S/C18H25ClN2O4S/c1-14(22)20-9-16-10-21(8-7-18(16,12-20)13-25-2)26(23,24)11-15-5-3-4-6-17(15)19/h3-6,16H,7-13H2,1-2H3. The van der Waals surface area contributed by atoms with E-state index in [1.807, 2.05) is 4.90 Å². The molecule has 0 saturated carbocycles. The third kappa shape index (κ3) is 3.76. The first-order chi connectivity index (χ1) is 12.3. The fraction of sp³-hybridized carbons (Fsp3) is 0.611. The zero-order valence-electron chi connectivity index (χ0n) is 15.2. The number of rotatable bonds is 5. The highest BCUT2D eigenvalue weighted by molar-refractivity contribution is 7.88. The van der Waals surface area contributed by atoms with Crippen LogP contribution in [0.25, 0.3) is 0 Å². The fourth-order valence-corrected chi connectivity index (χ4v) is 6.06. The number of likely N-dealkylation sites (tertiary alicyclic amines) is 1. The Morgan fingerprint density at radius 1 is 1.35 bits per heavy atom. The van der Waals surface area contributed by atoms with E-state index < -0.39 is 10.0 Å². The van der Waals surface area contributed by atoms with Gasteiger partial charge in [0.1, 0.15) is 0 Å². The number of piperidine rings is 1. The minimum Gasteiger partial charge on any atom is -0.384 e. The Morgan fingerprint density at radius 2 is 2.08 bits per heavy atom. The first-order valence-corrected chi connectivity index (χ1v) is 10.7. The highest BCUT2D eigenvalue weighted by Crippen LogP contribution is 2.44. The number of fused-ring (bicyclic) bond motifs is 1. The Kier molecular flexibility index (Phi) is 5.63. The average molecular weight is 401 g/mol. The smallest absolute Gasteiger partial charge is 0.219 e. The second-order valence-corrected chi connectivity index (χ2v) is 9.72. The van der Waals surface area contributed by atoms with E-state index in [0.717, 1.165) is 0 Å². The molecule has 1 amide bonds. The van der Waals surface area contributed by atoms with Crippen LogP contribution in [0.4, 0.5) is 0 Å². The topological polar surface area (TPSA) is 66.9 Å². The van der Waals surface area contributed by atoms with Crippen molar-refractivity contribution in [1.29, 1.82) is 0 Å². The Balaban J connectivity index is 1.78. The van der Waals surface area contributed by atoms with Crippen LogP contribution < -0.4 is 0 Å². The number of carbonyl (C=O) groups is 1. The largest absolute Gasteiger partial charge is 0.384 e. The lowest BCUT2D eigenvalue weighted by atomic mass is 9.74. The Morgan fingerprint density at radius 3 is 2.73 bits per heavy atom. The van der Waals surface area contributed by atoms with Gasteiger partial charge in [-0.1, -0.05) is 29.8 Å². The van der Waals surface area contributed by atoms with Crippen LogP contribution in [0.5, 0.6) is 0 Å². The number of halogens is 1. The molecule has 0 bridgehead atoms. The molecular formula is C18H25ClN2O4S. The van der Waals surface area contributed by atoms with Gasteiger partial charge < -0.3 is 9.64 Å². The number of carbonyl (C=O) groups excluding carboxylic acids is 1. The number of hydrogen-bond donors (Lipinski definition) is 0. The number of methoxy groups -OCH3 is 1. The summed E-state index contributed by atoms with van der Waals surface area (Å²) in [5.74, 6) is 0.00840. The van der Waals surface area contributed by atoms with Crippen molar-refractivity contribution in [3.63, 3.8) is 0 Å². The highest BCUT2D eigenvalue weighted by atomic mass is 35.5. The first kappa shape index (κ1) is 19.6. The monoisotopic (exact) mass is 400 g/mol. The summed E-state index contributed by atoms with van der Waals surface area (Å²) in [5.41, 5.74) is 0.455. The molecule has 2 aliphatic heterocycles. The van der Waals surface area contributed by atoms with Crippen LogP contribution in [0.3, 0.4) is 0 Å². The summed E-state index contributed by atoms with van der Waals surface area (Å²) < 4.78 is 32.8. The molecule has 1 aromatic carbocycles. The highest BCUT2D eigenvalue weighted by Gasteiger charge is 2.51. The lowest BCUT2D eigenvalue weighted by molar-refractivity contribution is -0.128. The van der Waals surface area contributed by atoms with Crippen LogP contribution in [0, 0.1) is 11.3 Å². The van der Waals surface area contributed by atoms with E-state index in [9.17, 15) is 13.2 Å². The predicted molar refractivity (Wildman–Crippen MR) is 100 cm³/mol. The van der Waals surface area contributed by atoms with Gasteiger partial charge in [-0.25, -0.2) is 12.7 Å². The molecule has 0 spiro atoms. The van der Waals surface area contributed by atoms with E-state index in [1.165, 1.54) is 0 Å². The quantitative estimate of drug-likeness (QED) is 0.758. The maximum absolute atomic E-state index is 12.9. The van der Waals surface area contributed by atoms with Crippen molar-refractivity contribution >= 4 is 27.5 Å². The van der Waals surface area contributed by atoms with Crippen molar-refractivity contribution in [2.45, 2.75) is 19.1 Å². The van der Waals surface area contributed by atoms with Gasteiger partial charge in [-0.05, 0) is 24.0 Å². The number of amides is 1. The van der Waals surface area contributed by atoms with Crippen molar-refractivity contribution in [1.82, 2.24) is 9.21 Å². The van der Waals surface area contributed by atoms with Crippen LogP contribution in [-0.4, -0.2) is 63.4 Å². The molecule has 0 radical (unpaired) electrons. The van der Waals surface area contributed by atoms with E-state index in [-0.39, 0.29) is 23.0 Å². The summed E-state index contributed by atoms with van der Waals surface area (Å²) in [5, 5.41) is 0.463. The Bertz CT molecular complexity index is 785. The number of hydrogen-bond acceptors (Lipinski definition) is 4. The molecule has 2 atom stereocenters. The molecule has 2 fully saturated rings. The maximum Gasteiger partial charge on any atom is 0.219 e. The van der Waals surface area contributed by atoms with Crippen molar-refractivity contribution in [2.75, 3.05) is 39.9 Å². The van der Waals surface area contributed by atoms with Crippen LogP contribution in [0.2, 0.25) is 5.02 Å². The summed E-state index contributed by atoms with van der Waals surface area (Å²) in [6.07, 6.45) is 0.692. The molecule has 2 unspecified atom stereocenters. The molecule has 2 heterocycles. The molecule has 3 rings (SSSR count). The van der Waals surface area contributed by atoms with Crippen molar-refractivity contribution in [3.05, 3.63) is 34.9 Å². The lowest BCUT2D eigenvalue weighted by Gasteiger charge is -2.42. The van der Waals surface area contributed by atoms with E-state index in [4.69, 9.17) is 16.3 Å². The first-order valence-electron chi connectivity index (χ1n) is 8.73. The van der Waals surface area contributed by atoms with Crippen molar-refractivity contribution in [3.8, 4) is 0 Å². The minimum absolute atomic E-state index is 0.0281. The van der Waals surface area contributed by atoms with Gasteiger partial charge >= 0.3 is 0 Å². The molecule has 0 N–H and O–H groups in total. The third-order valence-corrected chi connectivity index (χ3v) is 7.82. The average Bonchev–Trinajstić information content (AvgIpc) is 2.96. The predicted octanol–water partition coefficient (Wildman–Crippen LogP) is 1.99. The molecule has 1 aromatic rings. The second kappa shape index (κ2) is 7.46. The van der Waals surface area contributed by atoms with Crippen LogP contribution in [0.15, 0.2) is 24.3 Å². The normalized spacial score (nSPS) is 26.7. The van der Waals surface area contributed by atoms with Gasteiger partial charge in [-0.3, -0.25) is 4.79 Å². The SMILES string of the molecule is COCC12CCN(S(=O)(=O)Cc3ccccc3Cl)CC1CN(C(C)=O)C2. The van der Waals surface area contributed by atoms with Crippen LogP contribution in [-0.2, 0) is 25.3 Å². The van der Waals surface area contributed by atoms with Gasteiger partial charge in [-0.15, -0.1) is 0 Å². The lowest BCUT2D eigenvalue weighted by Crippen LogP contribution is -2.51. The van der Waals surface area contributed by atoms with E-state index in [2.05, 4.69) is 0 Å². The zero-order valence-corrected chi connectivity index (χ0v) is 16.7. The molecule has 0 aliphatic carbocycles. The number of nitrogens with zero attached hydrogens (tertiary/aromatic N) is 2. The summed E-state index contributed by atoms with van der Waals surface area (Å²) in [4.78, 5) is 13.6. The summed E-state index contributed by atoms with van der Waals surface area (Å²) in [6, 6.07) is 7.02.